The Morgan fingerprint density at radius 3 is 2.44 bits per heavy atom. The van der Waals surface area contributed by atoms with Crippen LogP contribution in [0.1, 0.15) is 35.9 Å². The SMILES string of the molecule is CCOc1ccc2ccccc2c1C(=O)N1CCC(Cn2c(COc3ccccc3)nc3ccccc32)CC1. The van der Waals surface area contributed by atoms with Crippen molar-refractivity contribution in [3.05, 3.63) is 102 Å². The third-order valence-electron chi connectivity index (χ3n) is 7.59. The van der Waals surface area contributed by atoms with Gasteiger partial charge in [0.25, 0.3) is 5.91 Å². The number of carbonyl (C=O) groups is 1. The predicted octanol–water partition coefficient (Wildman–Crippen LogP) is 6.72. The molecule has 0 spiro atoms. The van der Waals surface area contributed by atoms with Crippen LogP contribution in [0.5, 0.6) is 11.5 Å². The number of benzene rings is 4. The van der Waals surface area contributed by atoms with Crippen molar-refractivity contribution < 1.29 is 14.3 Å². The first-order valence-electron chi connectivity index (χ1n) is 13.8. The van der Waals surface area contributed by atoms with Crippen molar-refractivity contribution in [2.24, 2.45) is 5.92 Å². The Morgan fingerprint density at radius 2 is 1.62 bits per heavy atom. The number of aromatic nitrogens is 2. The zero-order chi connectivity index (χ0) is 26.6. The molecule has 6 heteroatoms. The van der Waals surface area contributed by atoms with Gasteiger partial charge in [-0.05, 0) is 66.8 Å². The van der Waals surface area contributed by atoms with Crippen LogP contribution >= 0.6 is 0 Å². The molecule has 0 bridgehead atoms. The number of nitrogens with zero attached hydrogens (tertiary/aromatic N) is 3. The highest BCUT2D eigenvalue weighted by Gasteiger charge is 2.28. The van der Waals surface area contributed by atoms with Gasteiger partial charge in [0.1, 0.15) is 23.9 Å². The molecule has 0 saturated carbocycles. The number of likely N-dealkylation sites (tertiary alicyclic amines) is 1. The second kappa shape index (κ2) is 11.2. The van der Waals surface area contributed by atoms with Crippen molar-refractivity contribution in [2.45, 2.75) is 32.9 Å². The van der Waals surface area contributed by atoms with Crippen molar-refractivity contribution in [2.75, 3.05) is 19.7 Å². The van der Waals surface area contributed by atoms with E-state index in [1.165, 1.54) is 0 Å². The fraction of sp³-hybridized carbons (Fsp3) is 0.273. The fourth-order valence-corrected chi connectivity index (χ4v) is 5.59. The van der Waals surface area contributed by atoms with E-state index in [4.69, 9.17) is 14.5 Å². The molecular formula is C33H33N3O3. The summed E-state index contributed by atoms with van der Waals surface area (Å²) in [5.74, 6) is 2.93. The lowest BCUT2D eigenvalue weighted by atomic mass is 9.95. The van der Waals surface area contributed by atoms with Crippen LogP contribution in [0, 0.1) is 5.92 Å². The first-order valence-corrected chi connectivity index (χ1v) is 13.8. The molecule has 1 saturated heterocycles. The first-order chi connectivity index (χ1) is 19.2. The van der Waals surface area contributed by atoms with E-state index in [9.17, 15) is 4.79 Å². The van der Waals surface area contributed by atoms with Crippen molar-refractivity contribution in [3.63, 3.8) is 0 Å². The number of para-hydroxylation sites is 3. The van der Waals surface area contributed by atoms with Gasteiger partial charge in [0, 0.05) is 19.6 Å². The third-order valence-corrected chi connectivity index (χ3v) is 7.59. The number of carbonyl (C=O) groups excluding carboxylic acids is 1. The van der Waals surface area contributed by atoms with Crippen LogP contribution in [0.4, 0.5) is 0 Å². The maximum atomic E-state index is 13.8. The highest BCUT2D eigenvalue weighted by Crippen LogP contribution is 2.31. The molecule has 0 atom stereocenters. The molecule has 6 rings (SSSR count). The van der Waals surface area contributed by atoms with Gasteiger partial charge in [0.15, 0.2) is 0 Å². The van der Waals surface area contributed by atoms with Crippen molar-refractivity contribution in [3.8, 4) is 11.5 Å². The third kappa shape index (κ3) is 5.19. The molecule has 1 amide bonds. The average Bonchev–Trinajstić information content (AvgIpc) is 3.33. The van der Waals surface area contributed by atoms with Crippen molar-refractivity contribution in [1.82, 2.24) is 14.5 Å². The fourth-order valence-electron chi connectivity index (χ4n) is 5.59. The molecule has 0 N–H and O–H groups in total. The lowest BCUT2D eigenvalue weighted by Crippen LogP contribution is -2.39. The van der Waals surface area contributed by atoms with Crippen LogP contribution in [-0.2, 0) is 13.2 Å². The summed E-state index contributed by atoms with van der Waals surface area (Å²) < 4.78 is 14.3. The van der Waals surface area contributed by atoms with Gasteiger partial charge in [-0.2, -0.15) is 0 Å². The normalized spacial score (nSPS) is 14.1. The Balaban J connectivity index is 1.18. The Morgan fingerprint density at radius 1 is 0.872 bits per heavy atom. The summed E-state index contributed by atoms with van der Waals surface area (Å²) in [5, 5.41) is 2.00. The lowest BCUT2D eigenvalue weighted by Gasteiger charge is -2.33. The molecule has 2 heterocycles. The average molecular weight is 520 g/mol. The monoisotopic (exact) mass is 519 g/mol. The molecule has 4 aromatic carbocycles. The number of amides is 1. The summed E-state index contributed by atoms with van der Waals surface area (Å²) in [6.45, 7) is 5.19. The van der Waals surface area contributed by atoms with E-state index >= 15 is 0 Å². The molecule has 0 unspecified atom stereocenters. The number of rotatable bonds is 8. The molecule has 5 aromatic rings. The summed E-state index contributed by atoms with van der Waals surface area (Å²) in [4.78, 5) is 20.7. The second-order valence-corrected chi connectivity index (χ2v) is 10.1. The molecule has 39 heavy (non-hydrogen) atoms. The summed E-state index contributed by atoms with van der Waals surface area (Å²) in [6.07, 6.45) is 1.87. The topological polar surface area (TPSA) is 56.6 Å². The Labute approximate surface area is 228 Å². The van der Waals surface area contributed by atoms with Crippen LogP contribution in [-0.4, -0.2) is 40.1 Å². The van der Waals surface area contributed by atoms with E-state index in [2.05, 4.69) is 22.8 Å². The van der Waals surface area contributed by atoms with Gasteiger partial charge in [0.2, 0.25) is 0 Å². The van der Waals surface area contributed by atoms with Crippen LogP contribution < -0.4 is 9.47 Å². The minimum Gasteiger partial charge on any atom is -0.493 e. The quantitative estimate of drug-likeness (QED) is 0.228. The highest BCUT2D eigenvalue weighted by molar-refractivity contribution is 6.09. The van der Waals surface area contributed by atoms with Gasteiger partial charge >= 0.3 is 0 Å². The van der Waals surface area contributed by atoms with E-state index in [0.29, 0.717) is 30.4 Å². The van der Waals surface area contributed by atoms with E-state index in [1.54, 1.807) is 0 Å². The van der Waals surface area contributed by atoms with Crippen LogP contribution in [0.2, 0.25) is 0 Å². The molecular weight excluding hydrogens is 486 g/mol. The van der Waals surface area contributed by atoms with Gasteiger partial charge in [-0.25, -0.2) is 4.98 Å². The molecule has 1 fully saturated rings. The zero-order valence-electron chi connectivity index (χ0n) is 22.3. The van der Waals surface area contributed by atoms with Crippen molar-refractivity contribution >= 4 is 27.7 Å². The molecule has 1 aliphatic rings. The summed E-state index contributed by atoms with van der Waals surface area (Å²) >= 11 is 0. The van der Waals surface area contributed by atoms with Gasteiger partial charge in [0.05, 0.1) is 23.2 Å². The van der Waals surface area contributed by atoms with E-state index in [1.807, 2.05) is 84.6 Å². The van der Waals surface area contributed by atoms with Gasteiger partial charge in [-0.3, -0.25) is 4.79 Å². The largest absolute Gasteiger partial charge is 0.493 e. The molecule has 6 nitrogen and oxygen atoms in total. The molecule has 1 aliphatic heterocycles. The summed E-state index contributed by atoms with van der Waals surface area (Å²) in [7, 11) is 0. The number of piperidine rings is 1. The summed E-state index contributed by atoms with van der Waals surface area (Å²) in [5.41, 5.74) is 2.78. The minimum absolute atomic E-state index is 0.0544. The van der Waals surface area contributed by atoms with Gasteiger partial charge in [-0.15, -0.1) is 0 Å². The molecule has 198 valence electrons. The minimum atomic E-state index is 0.0544. The first kappa shape index (κ1) is 25.0. The maximum Gasteiger partial charge on any atom is 0.258 e. The van der Waals surface area contributed by atoms with E-state index in [-0.39, 0.29) is 5.91 Å². The van der Waals surface area contributed by atoms with Crippen LogP contribution in [0.3, 0.4) is 0 Å². The molecule has 1 aromatic heterocycles. The van der Waals surface area contributed by atoms with Gasteiger partial charge in [-0.1, -0.05) is 60.7 Å². The number of imidazole rings is 1. The van der Waals surface area contributed by atoms with Crippen LogP contribution in [0.25, 0.3) is 21.8 Å². The number of fused-ring (bicyclic) bond motifs is 2. The smallest absolute Gasteiger partial charge is 0.258 e. The Bertz CT molecular complexity index is 1590. The zero-order valence-corrected chi connectivity index (χ0v) is 22.3. The Hall–Kier alpha value is -4.32. The lowest BCUT2D eigenvalue weighted by molar-refractivity contribution is 0.0680. The maximum absolute atomic E-state index is 13.8. The predicted molar refractivity (Wildman–Crippen MR) is 154 cm³/mol. The standard InChI is InChI=1S/C33H33N3O3/c1-2-38-30-17-16-25-10-6-7-13-27(25)32(30)33(37)35-20-18-24(19-21-35)22-36-29-15-9-8-14-28(29)34-31(36)23-39-26-11-4-3-5-12-26/h3-17,24H,2,18-23H2,1H3. The molecule has 0 aliphatic carbocycles. The van der Waals surface area contributed by atoms with Crippen molar-refractivity contribution in [1.29, 1.82) is 0 Å². The summed E-state index contributed by atoms with van der Waals surface area (Å²) in [6, 6.07) is 30.1. The van der Waals surface area contributed by atoms with Gasteiger partial charge < -0.3 is 18.9 Å². The number of hydrogen-bond acceptors (Lipinski definition) is 4. The van der Waals surface area contributed by atoms with Crippen LogP contribution in [0.15, 0.2) is 91.0 Å². The number of hydrogen-bond donors (Lipinski definition) is 0. The Kier molecular flexibility index (Phi) is 7.17. The second-order valence-electron chi connectivity index (χ2n) is 10.1. The van der Waals surface area contributed by atoms with E-state index < -0.39 is 0 Å². The number of ether oxygens (including phenoxy) is 2. The molecule has 0 radical (unpaired) electrons. The van der Waals surface area contributed by atoms with E-state index in [0.717, 1.165) is 65.9 Å². The highest BCUT2D eigenvalue weighted by atomic mass is 16.5.